The number of morpholine rings is 1. The lowest BCUT2D eigenvalue weighted by molar-refractivity contribution is -0.124. The van der Waals surface area contributed by atoms with E-state index >= 15 is 0 Å². The molecular formula is C28H37N3O6. The van der Waals surface area contributed by atoms with Crippen LogP contribution in [0.4, 0.5) is 0 Å². The van der Waals surface area contributed by atoms with E-state index < -0.39 is 12.0 Å². The molecule has 0 bridgehead atoms. The molecule has 0 radical (unpaired) electrons. The summed E-state index contributed by atoms with van der Waals surface area (Å²) in [7, 11) is 4.67. The van der Waals surface area contributed by atoms with Crippen LogP contribution in [0, 0.1) is 0 Å². The molecule has 200 valence electrons. The van der Waals surface area contributed by atoms with E-state index in [9.17, 15) is 9.59 Å². The van der Waals surface area contributed by atoms with Crippen LogP contribution in [0.3, 0.4) is 0 Å². The number of nitrogens with zero attached hydrogens (tertiary/aromatic N) is 2. The van der Waals surface area contributed by atoms with Crippen molar-refractivity contribution in [2.24, 2.45) is 0 Å². The summed E-state index contributed by atoms with van der Waals surface area (Å²) in [4.78, 5) is 31.7. The lowest BCUT2D eigenvalue weighted by atomic mass is 9.79. The predicted octanol–water partition coefficient (Wildman–Crippen LogP) is 2.85. The highest BCUT2D eigenvalue weighted by Crippen LogP contribution is 2.47. The standard InChI is InChI=1S/C28H37N3O6/c1-5-11-31-25(19-17-22(34-2)26(36-4)23(18-19)35-3)24(20-8-6-7-9-21(20)28(31)33)27(32)29-10-12-30-13-15-37-16-14-30/h6-9,17-18,24-25H,5,10-16H2,1-4H3,(H,29,32). The van der Waals surface area contributed by atoms with Gasteiger partial charge in [0.25, 0.3) is 5.91 Å². The highest BCUT2D eigenvalue weighted by atomic mass is 16.5. The zero-order valence-corrected chi connectivity index (χ0v) is 22.1. The minimum absolute atomic E-state index is 0.0893. The number of carbonyl (C=O) groups excluding carboxylic acids is 2. The lowest BCUT2D eigenvalue weighted by Crippen LogP contribution is -2.48. The van der Waals surface area contributed by atoms with Gasteiger partial charge in [-0.15, -0.1) is 0 Å². The summed E-state index contributed by atoms with van der Waals surface area (Å²) in [6, 6.07) is 10.5. The third-order valence-electron chi connectivity index (χ3n) is 7.05. The van der Waals surface area contributed by atoms with Gasteiger partial charge in [0.2, 0.25) is 11.7 Å². The van der Waals surface area contributed by atoms with Crippen LogP contribution in [0.25, 0.3) is 0 Å². The van der Waals surface area contributed by atoms with Crippen LogP contribution in [-0.4, -0.2) is 88.9 Å². The summed E-state index contributed by atoms with van der Waals surface area (Å²) in [5.74, 6) is 0.608. The number of methoxy groups -OCH3 is 3. The molecule has 37 heavy (non-hydrogen) atoms. The zero-order chi connectivity index (χ0) is 26.4. The van der Waals surface area contributed by atoms with E-state index in [1.807, 2.05) is 37.3 Å². The SMILES string of the molecule is CCCN1C(=O)c2ccccc2C(C(=O)NCCN2CCOCC2)C1c1cc(OC)c(OC)c(OC)c1. The first kappa shape index (κ1) is 26.8. The Labute approximate surface area is 218 Å². The topological polar surface area (TPSA) is 89.6 Å². The molecule has 2 aromatic rings. The maximum Gasteiger partial charge on any atom is 0.254 e. The fourth-order valence-electron chi connectivity index (χ4n) is 5.28. The number of amides is 2. The van der Waals surface area contributed by atoms with Gasteiger partial charge in [-0.1, -0.05) is 25.1 Å². The van der Waals surface area contributed by atoms with E-state index in [4.69, 9.17) is 18.9 Å². The van der Waals surface area contributed by atoms with Gasteiger partial charge >= 0.3 is 0 Å². The monoisotopic (exact) mass is 511 g/mol. The van der Waals surface area contributed by atoms with Crippen molar-refractivity contribution in [3.8, 4) is 17.2 Å². The van der Waals surface area contributed by atoms with Crippen LogP contribution in [0.5, 0.6) is 17.2 Å². The highest BCUT2D eigenvalue weighted by molar-refractivity contribution is 6.01. The Bertz CT molecular complexity index is 1080. The van der Waals surface area contributed by atoms with Gasteiger partial charge in [-0.3, -0.25) is 14.5 Å². The molecule has 2 unspecified atom stereocenters. The van der Waals surface area contributed by atoms with Crippen molar-refractivity contribution in [3.05, 3.63) is 53.1 Å². The van der Waals surface area contributed by atoms with Crippen molar-refractivity contribution in [2.75, 3.05) is 67.3 Å². The van der Waals surface area contributed by atoms with Crippen LogP contribution >= 0.6 is 0 Å². The fourth-order valence-corrected chi connectivity index (χ4v) is 5.28. The molecule has 2 amide bonds. The summed E-state index contributed by atoms with van der Waals surface area (Å²) < 4.78 is 22.2. The molecule has 1 fully saturated rings. The van der Waals surface area contributed by atoms with Gasteiger partial charge in [-0.25, -0.2) is 0 Å². The molecule has 1 N–H and O–H groups in total. The summed E-state index contributed by atoms with van der Waals surface area (Å²) in [5.41, 5.74) is 2.04. The predicted molar refractivity (Wildman–Crippen MR) is 140 cm³/mol. The number of fused-ring (bicyclic) bond motifs is 1. The fraction of sp³-hybridized carbons (Fsp3) is 0.500. The van der Waals surface area contributed by atoms with Crippen LogP contribution < -0.4 is 19.5 Å². The molecule has 9 heteroatoms. The number of carbonyl (C=O) groups is 2. The van der Waals surface area contributed by atoms with Crippen LogP contribution in [0.2, 0.25) is 0 Å². The largest absolute Gasteiger partial charge is 0.493 e. The molecule has 9 nitrogen and oxygen atoms in total. The maximum absolute atomic E-state index is 13.9. The first-order valence-corrected chi connectivity index (χ1v) is 12.8. The van der Waals surface area contributed by atoms with E-state index in [1.165, 1.54) is 0 Å². The number of hydrogen-bond acceptors (Lipinski definition) is 7. The van der Waals surface area contributed by atoms with Crippen molar-refractivity contribution in [2.45, 2.75) is 25.3 Å². The Morgan fingerprint density at radius 2 is 1.70 bits per heavy atom. The number of nitrogens with one attached hydrogen (secondary N) is 1. The Morgan fingerprint density at radius 3 is 2.32 bits per heavy atom. The van der Waals surface area contributed by atoms with Crippen molar-refractivity contribution >= 4 is 11.8 Å². The van der Waals surface area contributed by atoms with Gasteiger partial charge in [-0.2, -0.15) is 0 Å². The summed E-state index contributed by atoms with van der Waals surface area (Å²) in [6.45, 7) is 6.92. The van der Waals surface area contributed by atoms with Gasteiger partial charge in [0.05, 0.1) is 46.5 Å². The number of ether oxygens (including phenoxy) is 4. The van der Waals surface area contributed by atoms with E-state index in [1.54, 1.807) is 32.3 Å². The first-order valence-electron chi connectivity index (χ1n) is 12.8. The Hall–Kier alpha value is -3.30. The molecule has 0 spiro atoms. The Kier molecular flexibility index (Phi) is 8.89. The van der Waals surface area contributed by atoms with Crippen molar-refractivity contribution in [3.63, 3.8) is 0 Å². The molecule has 0 aromatic heterocycles. The van der Waals surface area contributed by atoms with Gasteiger partial charge < -0.3 is 29.2 Å². The molecule has 2 heterocycles. The molecule has 2 atom stereocenters. The van der Waals surface area contributed by atoms with E-state index in [0.717, 1.165) is 37.2 Å². The van der Waals surface area contributed by atoms with Gasteiger partial charge in [0.15, 0.2) is 11.5 Å². The average molecular weight is 512 g/mol. The minimum atomic E-state index is -0.604. The van der Waals surface area contributed by atoms with Crippen LogP contribution in [-0.2, 0) is 9.53 Å². The molecule has 2 aromatic carbocycles. The molecule has 0 aliphatic carbocycles. The Balaban J connectivity index is 1.75. The zero-order valence-electron chi connectivity index (χ0n) is 22.1. The van der Waals surface area contributed by atoms with Crippen molar-refractivity contribution in [1.82, 2.24) is 15.1 Å². The van der Waals surface area contributed by atoms with Crippen molar-refractivity contribution < 1.29 is 28.5 Å². The molecule has 1 saturated heterocycles. The second-order valence-electron chi connectivity index (χ2n) is 9.21. The smallest absolute Gasteiger partial charge is 0.254 e. The summed E-state index contributed by atoms with van der Waals surface area (Å²) in [5, 5.41) is 3.15. The molecule has 0 saturated carbocycles. The normalized spacial score (nSPS) is 19.8. The number of rotatable bonds is 10. The van der Waals surface area contributed by atoms with Crippen molar-refractivity contribution in [1.29, 1.82) is 0 Å². The summed E-state index contributed by atoms with van der Waals surface area (Å²) in [6.07, 6.45) is 0.750. The van der Waals surface area contributed by atoms with E-state index in [-0.39, 0.29) is 11.8 Å². The molecule has 4 rings (SSSR count). The molecule has 2 aliphatic heterocycles. The third-order valence-corrected chi connectivity index (χ3v) is 7.05. The third kappa shape index (κ3) is 5.52. The second-order valence-corrected chi connectivity index (χ2v) is 9.21. The number of hydrogen-bond donors (Lipinski definition) is 1. The minimum Gasteiger partial charge on any atom is -0.493 e. The number of benzene rings is 2. The summed E-state index contributed by atoms with van der Waals surface area (Å²) >= 11 is 0. The average Bonchev–Trinajstić information content (AvgIpc) is 2.94. The van der Waals surface area contributed by atoms with Crippen LogP contribution in [0.1, 0.15) is 46.8 Å². The van der Waals surface area contributed by atoms with Gasteiger partial charge in [0.1, 0.15) is 0 Å². The first-order chi connectivity index (χ1) is 18.0. The molecule has 2 aliphatic rings. The van der Waals surface area contributed by atoms with E-state index in [0.29, 0.717) is 49.1 Å². The second kappa shape index (κ2) is 12.3. The van der Waals surface area contributed by atoms with E-state index in [2.05, 4.69) is 10.2 Å². The highest BCUT2D eigenvalue weighted by Gasteiger charge is 2.44. The van der Waals surface area contributed by atoms with Gasteiger partial charge in [0, 0.05) is 38.3 Å². The maximum atomic E-state index is 13.9. The lowest BCUT2D eigenvalue weighted by Gasteiger charge is -2.42. The van der Waals surface area contributed by atoms with Crippen LogP contribution in [0.15, 0.2) is 36.4 Å². The Morgan fingerprint density at radius 1 is 1.03 bits per heavy atom. The quantitative estimate of drug-likeness (QED) is 0.525. The molecular weight excluding hydrogens is 474 g/mol. The van der Waals surface area contributed by atoms with Gasteiger partial charge in [-0.05, 0) is 35.7 Å².